The number of likely N-dealkylation sites (N-methyl/N-ethyl adjacent to an activating group) is 1. The fourth-order valence-corrected chi connectivity index (χ4v) is 3.33. The van der Waals surface area contributed by atoms with E-state index < -0.39 is 0 Å². The lowest BCUT2D eigenvalue weighted by Gasteiger charge is -2.35. The summed E-state index contributed by atoms with van der Waals surface area (Å²) in [4.78, 5) is 0. The molecule has 0 aliphatic heterocycles. The molecule has 16 heavy (non-hydrogen) atoms. The van der Waals surface area contributed by atoms with Gasteiger partial charge >= 0.3 is 0 Å². The highest BCUT2D eigenvalue weighted by molar-refractivity contribution is 6.31. The van der Waals surface area contributed by atoms with E-state index in [-0.39, 0.29) is 15.2 Å². The van der Waals surface area contributed by atoms with Gasteiger partial charge in [-0.25, -0.2) is 0 Å². The van der Waals surface area contributed by atoms with E-state index in [0.29, 0.717) is 0 Å². The number of ether oxygens (including phenoxy) is 1. The van der Waals surface area contributed by atoms with Crippen molar-refractivity contribution in [2.45, 2.75) is 25.4 Å². The van der Waals surface area contributed by atoms with Crippen molar-refractivity contribution in [3.63, 3.8) is 0 Å². The molecule has 0 amide bonds. The minimum atomic E-state index is -0.234. The number of benzene rings is 1. The Labute approximate surface area is 102 Å². The molecule has 0 saturated carbocycles. The predicted molar refractivity (Wildman–Crippen MR) is 72.4 cm³/mol. The molecule has 0 aliphatic rings. The van der Waals surface area contributed by atoms with Gasteiger partial charge in [-0.3, -0.25) is 0 Å². The highest BCUT2D eigenvalue weighted by atomic mass is 28.2. The van der Waals surface area contributed by atoms with Crippen LogP contribution in [0.3, 0.4) is 0 Å². The van der Waals surface area contributed by atoms with Crippen LogP contribution in [0.4, 0.5) is 0 Å². The van der Waals surface area contributed by atoms with E-state index in [4.69, 9.17) is 4.74 Å². The molecule has 0 spiro atoms. The summed E-state index contributed by atoms with van der Waals surface area (Å²) in [7, 11) is 3.75. The van der Waals surface area contributed by atoms with Crippen LogP contribution in [0.1, 0.15) is 19.4 Å². The Balaban J connectivity index is 2.43. The minimum Gasteiger partial charge on any atom is -0.383 e. The van der Waals surface area contributed by atoms with Gasteiger partial charge in [-0.15, -0.1) is 0 Å². The molecule has 0 bridgehead atoms. The zero-order valence-corrected chi connectivity index (χ0v) is 12.3. The topological polar surface area (TPSA) is 12.5 Å². The molecular weight excluding hydrogens is 214 g/mol. The Morgan fingerprint density at radius 2 is 1.88 bits per heavy atom. The zero-order valence-electron chi connectivity index (χ0n) is 10.9. The number of hydrogen-bond acceptors (Lipinski definition) is 2. The lowest BCUT2D eigenvalue weighted by atomic mass is 10.1. The van der Waals surface area contributed by atoms with Gasteiger partial charge in [0, 0.05) is 12.6 Å². The molecule has 90 valence electrons. The molecule has 3 heteroatoms. The van der Waals surface area contributed by atoms with Crippen molar-refractivity contribution in [3.05, 3.63) is 35.9 Å². The lowest BCUT2D eigenvalue weighted by molar-refractivity contribution is 0.0928. The van der Waals surface area contributed by atoms with Crippen LogP contribution in [0.2, 0.25) is 0 Å². The first-order valence-electron chi connectivity index (χ1n) is 5.80. The molecule has 0 fully saturated rings. The van der Waals surface area contributed by atoms with Crippen molar-refractivity contribution in [2.75, 3.05) is 20.8 Å². The smallest absolute Gasteiger partial charge is 0.0997 e. The Bertz CT molecular complexity index is 300. The van der Waals surface area contributed by atoms with Crippen molar-refractivity contribution >= 4 is 9.68 Å². The van der Waals surface area contributed by atoms with Crippen molar-refractivity contribution in [3.8, 4) is 0 Å². The fourth-order valence-electron chi connectivity index (χ4n) is 1.71. The van der Waals surface area contributed by atoms with Gasteiger partial charge in [-0.1, -0.05) is 30.3 Å². The van der Waals surface area contributed by atoms with Gasteiger partial charge < -0.3 is 9.30 Å². The summed E-state index contributed by atoms with van der Waals surface area (Å²) in [6.45, 7) is 5.29. The van der Waals surface area contributed by atoms with Gasteiger partial charge in [0.1, 0.15) is 0 Å². The Kier molecular flexibility index (Phi) is 5.18. The third kappa shape index (κ3) is 4.08. The SMILES string of the molecule is COCC(C)(C)N(C)[SiH2]Cc1ccccc1. The average molecular weight is 237 g/mol. The maximum atomic E-state index is 5.26. The second kappa shape index (κ2) is 6.18. The summed E-state index contributed by atoms with van der Waals surface area (Å²) >= 11 is 0. The van der Waals surface area contributed by atoms with Crippen LogP contribution in [0.5, 0.6) is 0 Å². The molecular formula is C13H23NOSi. The Morgan fingerprint density at radius 1 is 1.25 bits per heavy atom. The highest BCUT2D eigenvalue weighted by Gasteiger charge is 2.22. The first-order valence-corrected chi connectivity index (χ1v) is 7.43. The van der Waals surface area contributed by atoms with Crippen LogP contribution in [0.25, 0.3) is 0 Å². The van der Waals surface area contributed by atoms with Crippen LogP contribution in [0, 0.1) is 0 Å². The van der Waals surface area contributed by atoms with Crippen molar-refractivity contribution in [1.82, 2.24) is 4.57 Å². The molecule has 0 unspecified atom stereocenters. The summed E-state index contributed by atoms with van der Waals surface area (Å²) in [6.07, 6.45) is 0. The predicted octanol–water partition coefficient (Wildman–Crippen LogP) is 1.63. The van der Waals surface area contributed by atoms with E-state index in [1.807, 2.05) is 0 Å². The largest absolute Gasteiger partial charge is 0.383 e. The second-order valence-corrected chi connectivity index (χ2v) is 6.80. The molecule has 0 aromatic heterocycles. The standard InChI is InChI=1S/C13H23NOSi/c1-13(2,11-15-4)14(3)16-10-12-8-6-5-7-9-12/h5-9H,10-11,16H2,1-4H3. The van der Waals surface area contributed by atoms with E-state index in [1.54, 1.807) is 7.11 Å². The van der Waals surface area contributed by atoms with Crippen molar-refractivity contribution in [2.24, 2.45) is 0 Å². The van der Waals surface area contributed by atoms with Crippen LogP contribution in [-0.4, -0.2) is 40.5 Å². The van der Waals surface area contributed by atoms with E-state index in [2.05, 4.69) is 55.8 Å². The summed E-state index contributed by atoms with van der Waals surface area (Å²) in [5.41, 5.74) is 1.62. The van der Waals surface area contributed by atoms with E-state index in [9.17, 15) is 0 Å². The Hall–Kier alpha value is -0.643. The van der Waals surface area contributed by atoms with Gasteiger partial charge in [0.2, 0.25) is 0 Å². The Morgan fingerprint density at radius 3 is 2.44 bits per heavy atom. The monoisotopic (exact) mass is 237 g/mol. The fraction of sp³-hybridized carbons (Fsp3) is 0.538. The first-order chi connectivity index (χ1) is 7.56. The summed E-state index contributed by atoms with van der Waals surface area (Å²) < 4.78 is 7.75. The van der Waals surface area contributed by atoms with Crippen LogP contribution >= 0.6 is 0 Å². The minimum absolute atomic E-state index is 0.162. The van der Waals surface area contributed by atoms with Gasteiger partial charge in [0.25, 0.3) is 0 Å². The van der Waals surface area contributed by atoms with Gasteiger partial charge in [0.15, 0.2) is 0 Å². The summed E-state index contributed by atoms with van der Waals surface area (Å²) in [5, 5.41) is 0. The molecule has 1 aromatic rings. The maximum absolute atomic E-state index is 5.26. The molecule has 0 radical (unpaired) electrons. The highest BCUT2D eigenvalue weighted by Crippen LogP contribution is 2.12. The number of rotatable bonds is 6. The molecule has 1 aromatic carbocycles. The summed E-state index contributed by atoms with van der Waals surface area (Å²) in [5.74, 6) is 0. The normalized spacial score (nSPS) is 12.8. The first kappa shape index (κ1) is 13.4. The van der Waals surface area contributed by atoms with Crippen LogP contribution < -0.4 is 0 Å². The van der Waals surface area contributed by atoms with Crippen LogP contribution in [-0.2, 0) is 10.8 Å². The molecule has 0 atom stereocenters. The maximum Gasteiger partial charge on any atom is 0.0997 e. The lowest BCUT2D eigenvalue weighted by Crippen LogP contribution is -2.47. The molecule has 0 N–H and O–H groups in total. The molecule has 0 aliphatic carbocycles. The van der Waals surface area contributed by atoms with Crippen LogP contribution in [0.15, 0.2) is 30.3 Å². The van der Waals surface area contributed by atoms with E-state index in [0.717, 1.165) is 6.61 Å². The quantitative estimate of drug-likeness (QED) is 0.697. The second-order valence-electron chi connectivity index (χ2n) is 4.90. The van der Waals surface area contributed by atoms with E-state index >= 15 is 0 Å². The molecule has 1 rings (SSSR count). The van der Waals surface area contributed by atoms with Gasteiger partial charge in [0.05, 0.1) is 16.3 Å². The molecule has 0 saturated heterocycles. The number of hydrogen-bond donors (Lipinski definition) is 0. The van der Waals surface area contributed by atoms with Gasteiger partial charge in [-0.2, -0.15) is 0 Å². The third-order valence-electron chi connectivity index (χ3n) is 3.11. The van der Waals surface area contributed by atoms with E-state index in [1.165, 1.54) is 11.6 Å². The van der Waals surface area contributed by atoms with Crippen molar-refractivity contribution < 1.29 is 4.74 Å². The molecule has 0 heterocycles. The number of nitrogens with zero attached hydrogens (tertiary/aromatic N) is 1. The van der Waals surface area contributed by atoms with Crippen molar-refractivity contribution in [1.29, 1.82) is 0 Å². The third-order valence-corrected chi connectivity index (χ3v) is 5.44. The zero-order chi connectivity index (χ0) is 12.0. The van der Waals surface area contributed by atoms with Gasteiger partial charge in [-0.05, 0) is 32.5 Å². The summed E-state index contributed by atoms with van der Waals surface area (Å²) in [6, 6.07) is 12.0. The number of methoxy groups -OCH3 is 1. The molecule has 2 nitrogen and oxygen atoms in total. The average Bonchev–Trinajstić information content (AvgIpc) is 2.27.